The molecule has 2 rings (SSSR count). The minimum atomic E-state index is -0.588. The molecular formula is C15H27NO2. The molecule has 2 fully saturated rings. The van der Waals surface area contributed by atoms with E-state index in [0.29, 0.717) is 6.04 Å². The van der Waals surface area contributed by atoms with E-state index in [1.54, 1.807) is 0 Å². The second kappa shape index (κ2) is 5.60. The molecule has 0 bridgehead atoms. The van der Waals surface area contributed by atoms with E-state index in [0.717, 1.165) is 31.8 Å². The Hall–Kier alpha value is -0.570. The molecule has 18 heavy (non-hydrogen) atoms. The van der Waals surface area contributed by atoms with Gasteiger partial charge in [0.1, 0.15) is 0 Å². The Morgan fingerprint density at radius 2 is 1.94 bits per heavy atom. The fourth-order valence-corrected chi connectivity index (χ4v) is 3.75. The highest BCUT2D eigenvalue weighted by atomic mass is 16.4. The van der Waals surface area contributed by atoms with Crippen LogP contribution < -0.4 is 0 Å². The Morgan fingerprint density at radius 3 is 2.39 bits per heavy atom. The molecule has 0 amide bonds. The molecule has 104 valence electrons. The highest BCUT2D eigenvalue weighted by Crippen LogP contribution is 2.38. The van der Waals surface area contributed by atoms with Gasteiger partial charge < -0.3 is 5.11 Å². The molecule has 3 heteroatoms. The Bertz CT molecular complexity index is 297. The Balaban J connectivity index is 1.91. The minimum absolute atomic E-state index is 0.457. The summed E-state index contributed by atoms with van der Waals surface area (Å²) in [5.41, 5.74) is -0.457. The Morgan fingerprint density at radius 1 is 1.28 bits per heavy atom. The molecule has 1 saturated heterocycles. The topological polar surface area (TPSA) is 40.5 Å². The number of carbonyl (C=O) groups is 1. The maximum atomic E-state index is 11.5. The third kappa shape index (κ3) is 2.56. The third-order valence-corrected chi connectivity index (χ3v) is 5.42. The minimum Gasteiger partial charge on any atom is -0.481 e. The van der Waals surface area contributed by atoms with E-state index in [2.05, 4.69) is 11.8 Å². The highest BCUT2D eigenvalue weighted by Gasteiger charge is 2.45. The summed E-state index contributed by atoms with van der Waals surface area (Å²) in [5.74, 6) is 0.328. The van der Waals surface area contributed by atoms with Crippen molar-refractivity contribution in [3.63, 3.8) is 0 Å². The maximum absolute atomic E-state index is 11.5. The van der Waals surface area contributed by atoms with Crippen LogP contribution in [0.5, 0.6) is 0 Å². The van der Waals surface area contributed by atoms with E-state index in [1.165, 1.54) is 32.1 Å². The van der Waals surface area contributed by atoms with Gasteiger partial charge in [-0.3, -0.25) is 9.69 Å². The zero-order valence-electron chi connectivity index (χ0n) is 11.8. The molecule has 1 N–H and O–H groups in total. The monoisotopic (exact) mass is 253 g/mol. The first-order valence-corrected chi connectivity index (χ1v) is 7.58. The highest BCUT2D eigenvalue weighted by molar-refractivity contribution is 5.75. The smallest absolute Gasteiger partial charge is 0.310 e. The predicted octanol–water partition coefficient (Wildman–Crippen LogP) is 3.14. The molecule has 1 aliphatic carbocycles. The van der Waals surface area contributed by atoms with Crippen LogP contribution in [0.4, 0.5) is 0 Å². The SMILES string of the molecule is CCC1CCC(N2CCC(CC)(C(=O)O)C2)CC1. The summed E-state index contributed by atoms with van der Waals surface area (Å²) in [5, 5.41) is 9.43. The van der Waals surface area contributed by atoms with E-state index >= 15 is 0 Å². The van der Waals surface area contributed by atoms with Gasteiger partial charge in [-0.2, -0.15) is 0 Å². The van der Waals surface area contributed by atoms with Gasteiger partial charge in [0, 0.05) is 12.6 Å². The van der Waals surface area contributed by atoms with E-state index in [9.17, 15) is 9.90 Å². The number of hydrogen-bond donors (Lipinski definition) is 1. The van der Waals surface area contributed by atoms with E-state index in [-0.39, 0.29) is 0 Å². The van der Waals surface area contributed by atoms with Crippen LogP contribution in [0.2, 0.25) is 0 Å². The van der Waals surface area contributed by atoms with E-state index in [1.807, 2.05) is 6.92 Å². The van der Waals surface area contributed by atoms with Gasteiger partial charge in [-0.15, -0.1) is 0 Å². The summed E-state index contributed by atoms with van der Waals surface area (Å²) in [6.45, 7) is 6.07. The molecule has 3 nitrogen and oxygen atoms in total. The first-order valence-electron chi connectivity index (χ1n) is 7.58. The van der Waals surface area contributed by atoms with Crippen molar-refractivity contribution in [3.05, 3.63) is 0 Å². The van der Waals surface area contributed by atoms with Gasteiger partial charge in [-0.05, 0) is 51.0 Å². The third-order valence-electron chi connectivity index (χ3n) is 5.42. The average Bonchev–Trinajstić information content (AvgIpc) is 2.84. The molecule has 1 saturated carbocycles. The van der Waals surface area contributed by atoms with Crippen LogP contribution in [0.25, 0.3) is 0 Å². The fraction of sp³-hybridized carbons (Fsp3) is 0.933. The molecule has 0 aromatic carbocycles. The van der Waals surface area contributed by atoms with Crippen LogP contribution >= 0.6 is 0 Å². The number of nitrogens with zero attached hydrogens (tertiary/aromatic N) is 1. The predicted molar refractivity (Wildman–Crippen MR) is 72.6 cm³/mol. The summed E-state index contributed by atoms with van der Waals surface area (Å²) < 4.78 is 0. The summed E-state index contributed by atoms with van der Waals surface area (Å²) >= 11 is 0. The van der Waals surface area contributed by atoms with Crippen molar-refractivity contribution in [2.75, 3.05) is 13.1 Å². The number of rotatable bonds is 4. The number of carboxylic acids is 1. The van der Waals surface area contributed by atoms with Gasteiger partial charge in [-0.25, -0.2) is 0 Å². The standard InChI is InChI=1S/C15H27NO2/c1-3-12-5-7-13(8-6-12)16-10-9-15(4-2,11-16)14(17)18/h12-13H,3-11H2,1-2H3,(H,17,18). The molecule has 0 spiro atoms. The van der Waals surface area contributed by atoms with Gasteiger partial charge >= 0.3 is 5.97 Å². The van der Waals surface area contributed by atoms with Crippen LogP contribution in [-0.2, 0) is 4.79 Å². The Kier molecular flexibility index (Phi) is 4.31. The van der Waals surface area contributed by atoms with Gasteiger partial charge in [0.2, 0.25) is 0 Å². The lowest BCUT2D eigenvalue weighted by atomic mass is 9.83. The molecule has 1 atom stereocenters. The van der Waals surface area contributed by atoms with Gasteiger partial charge in [0.15, 0.2) is 0 Å². The molecule has 2 aliphatic rings. The lowest BCUT2D eigenvalue weighted by Gasteiger charge is -2.35. The molecule has 1 unspecified atom stereocenters. The first kappa shape index (κ1) is 13.9. The summed E-state index contributed by atoms with van der Waals surface area (Å²) in [7, 11) is 0. The van der Waals surface area contributed by atoms with Crippen molar-refractivity contribution in [3.8, 4) is 0 Å². The van der Waals surface area contributed by atoms with Crippen molar-refractivity contribution in [1.82, 2.24) is 4.90 Å². The number of aliphatic carboxylic acids is 1. The van der Waals surface area contributed by atoms with Crippen molar-refractivity contribution in [2.24, 2.45) is 11.3 Å². The molecule has 0 aromatic rings. The summed E-state index contributed by atoms with van der Waals surface area (Å²) in [4.78, 5) is 13.9. The van der Waals surface area contributed by atoms with E-state index in [4.69, 9.17) is 0 Å². The second-order valence-corrected chi connectivity index (χ2v) is 6.24. The molecule has 0 aromatic heterocycles. The van der Waals surface area contributed by atoms with Crippen molar-refractivity contribution < 1.29 is 9.90 Å². The average molecular weight is 253 g/mol. The normalized spacial score (nSPS) is 37.9. The summed E-state index contributed by atoms with van der Waals surface area (Å²) in [6.07, 6.45) is 8.14. The van der Waals surface area contributed by atoms with Crippen LogP contribution in [0, 0.1) is 11.3 Å². The molecule has 1 heterocycles. The van der Waals surface area contributed by atoms with Crippen LogP contribution in [0.1, 0.15) is 58.8 Å². The van der Waals surface area contributed by atoms with Gasteiger partial charge in [0.05, 0.1) is 5.41 Å². The summed E-state index contributed by atoms with van der Waals surface area (Å²) in [6, 6.07) is 0.653. The van der Waals surface area contributed by atoms with Crippen LogP contribution in [0.3, 0.4) is 0 Å². The number of hydrogen-bond acceptors (Lipinski definition) is 2. The zero-order chi connectivity index (χ0) is 13.2. The fourth-order valence-electron chi connectivity index (χ4n) is 3.75. The maximum Gasteiger partial charge on any atom is 0.310 e. The van der Waals surface area contributed by atoms with Crippen molar-refractivity contribution in [1.29, 1.82) is 0 Å². The second-order valence-electron chi connectivity index (χ2n) is 6.24. The lowest BCUT2D eigenvalue weighted by molar-refractivity contribution is -0.148. The molecule has 0 radical (unpaired) electrons. The van der Waals surface area contributed by atoms with E-state index < -0.39 is 11.4 Å². The van der Waals surface area contributed by atoms with Crippen molar-refractivity contribution >= 4 is 5.97 Å². The Labute approximate surface area is 111 Å². The zero-order valence-corrected chi connectivity index (χ0v) is 11.8. The van der Waals surface area contributed by atoms with Gasteiger partial charge in [-0.1, -0.05) is 20.3 Å². The van der Waals surface area contributed by atoms with Crippen LogP contribution in [0.15, 0.2) is 0 Å². The molecular weight excluding hydrogens is 226 g/mol. The van der Waals surface area contributed by atoms with Crippen LogP contribution in [-0.4, -0.2) is 35.1 Å². The number of carboxylic acid groups (broad SMARTS) is 1. The quantitative estimate of drug-likeness (QED) is 0.836. The largest absolute Gasteiger partial charge is 0.481 e. The van der Waals surface area contributed by atoms with Crippen molar-refractivity contribution in [2.45, 2.75) is 64.8 Å². The molecule has 1 aliphatic heterocycles. The lowest BCUT2D eigenvalue weighted by Crippen LogP contribution is -2.40. The van der Waals surface area contributed by atoms with Gasteiger partial charge in [0.25, 0.3) is 0 Å². The first-order chi connectivity index (χ1) is 8.61. The number of likely N-dealkylation sites (tertiary alicyclic amines) is 1.